The third-order valence-electron chi connectivity index (χ3n) is 6.68. The molecule has 1 aliphatic heterocycles. The van der Waals surface area contributed by atoms with E-state index in [-0.39, 0.29) is 47.0 Å². The SMILES string of the molecule is Cc1ccc(C(=O)Oc2ccc(C(=O)CN(C(=O)c3ccc(Cl)cc3Cl)N3C(=O)c4c(Cl)c(Cl)c(Cl)c(Cl)c4C3=O)cc2)cc1. The number of carbonyl (C=O) groups is 5. The molecule has 0 atom stereocenters. The van der Waals surface area contributed by atoms with Crippen molar-refractivity contribution < 1.29 is 28.7 Å². The first kappa shape index (κ1) is 32.8. The van der Waals surface area contributed by atoms with E-state index < -0.39 is 47.1 Å². The number of amides is 3. The Kier molecular flexibility index (Phi) is 9.46. The molecule has 3 amide bonds. The van der Waals surface area contributed by atoms with Gasteiger partial charge < -0.3 is 4.74 Å². The Morgan fingerprint density at radius 2 is 1.24 bits per heavy atom. The van der Waals surface area contributed by atoms with Gasteiger partial charge in [-0.2, -0.15) is 5.01 Å². The summed E-state index contributed by atoms with van der Waals surface area (Å²) in [6, 6.07) is 16.2. The van der Waals surface area contributed by atoms with Crippen LogP contribution in [-0.4, -0.2) is 46.0 Å². The van der Waals surface area contributed by atoms with Gasteiger partial charge in [0.15, 0.2) is 5.78 Å². The second-order valence-corrected chi connectivity index (χ2v) is 12.0. The van der Waals surface area contributed by atoms with Crippen LogP contribution in [0, 0.1) is 6.92 Å². The maximum atomic E-state index is 13.8. The molecule has 0 aliphatic carbocycles. The van der Waals surface area contributed by atoms with Crippen LogP contribution in [-0.2, 0) is 0 Å². The number of hydrogen-bond acceptors (Lipinski definition) is 6. The lowest BCUT2D eigenvalue weighted by molar-refractivity contribution is 0.00532. The molecule has 4 aromatic carbocycles. The maximum absolute atomic E-state index is 13.8. The number of ketones is 1. The number of ether oxygens (including phenoxy) is 1. The van der Waals surface area contributed by atoms with Gasteiger partial charge in [0.25, 0.3) is 17.7 Å². The fourth-order valence-electron chi connectivity index (χ4n) is 4.38. The highest BCUT2D eigenvalue weighted by Gasteiger charge is 2.46. The average molecular weight is 725 g/mol. The van der Waals surface area contributed by atoms with Crippen molar-refractivity contribution in [3.8, 4) is 5.75 Å². The maximum Gasteiger partial charge on any atom is 0.343 e. The van der Waals surface area contributed by atoms with Crippen molar-refractivity contribution in [2.24, 2.45) is 0 Å². The highest BCUT2D eigenvalue weighted by atomic mass is 35.5. The molecule has 1 aliphatic rings. The molecule has 0 fully saturated rings. The zero-order chi connectivity index (χ0) is 32.7. The average Bonchev–Trinajstić information content (AvgIpc) is 3.27. The van der Waals surface area contributed by atoms with Crippen molar-refractivity contribution >= 4 is 99.1 Å². The molecular weight excluding hydrogens is 709 g/mol. The number of nitrogens with zero attached hydrogens (tertiary/aromatic N) is 2. The summed E-state index contributed by atoms with van der Waals surface area (Å²) in [5, 5.41) is -0.123. The summed E-state index contributed by atoms with van der Waals surface area (Å²) < 4.78 is 5.38. The monoisotopic (exact) mass is 722 g/mol. The summed E-state index contributed by atoms with van der Waals surface area (Å²) in [6.45, 7) is 1.07. The van der Waals surface area contributed by atoms with E-state index in [0.29, 0.717) is 15.6 Å². The molecule has 0 spiro atoms. The van der Waals surface area contributed by atoms with Crippen LogP contribution in [0.25, 0.3) is 0 Å². The number of fused-ring (bicyclic) bond motifs is 1. The first-order valence-electron chi connectivity index (χ1n) is 12.7. The number of carbonyl (C=O) groups excluding carboxylic acids is 5. The van der Waals surface area contributed by atoms with Crippen LogP contribution < -0.4 is 4.74 Å². The second kappa shape index (κ2) is 13.0. The van der Waals surface area contributed by atoms with Gasteiger partial charge >= 0.3 is 5.97 Å². The van der Waals surface area contributed by atoms with Crippen LogP contribution in [0.1, 0.15) is 57.4 Å². The van der Waals surface area contributed by atoms with E-state index in [1.54, 1.807) is 24.3 Å². The van der Waals surface area contributed by atoms with E-state index >= 15 is 0 Å². The molecule has 1 heterocycles. The zero-order valence-corrected chi connectivity index (χ0v) is 27.2. The summed E-state index contributed by atoms with van der Waals surface area (Å²) >= 11 is 37.0. The third kappa shape index (κ3) is 6.27. The lowest BCUT2D eigenvalue weighted by atomic mass is 10.1. The van der Waals surface area contributed by atoms with E-state index in [2.05, 4.69) is 0 Å². The van der Waals surface area contributed by atoms with Crippen molar-refractivity contribution in [2.75, 3.05) is 6.54 Å². The van der Waals surface area contributed by atoms with Crippen molar-refractivity contribution in [3.63, 3.8) is 0 Å². The van der Waals surface area contributed by atoms with Gasteiger partial charge in [-0.25, -0.2) is 9.80 Å². The van der Waals surface area contributed by atoms with Gasteiger partial charge in [0.05, 0.1) is 47.4 Å². The molecular formula is C31H16Cl6N2O6. The van der Waals surface area contributed by atoms with Crippen LogP contribution in [0.5, 0.6) is 5.75 Å². The van der Waals surface area contributed by atoms with Gasteiger partial charge in [-0.1, -0.05) is 87.3 Å². The number of imide groups is 1. The number of Topliss-reactive ketones (excluding diaryl/α,β-unsaturated/α-hetero) is 1. The fraction of sp³-hybridized carbons (Fsp3) is 0.0645. The lowest BCUT2D eigenvalue weighted by Crippen LogP contribution is -2.51. The molecule has 5 rings (SSSR count). The number of aryl methyl sites for hydroxylation is 1. The van der Waals surface area contributed by atoms with Gasteiger partial charge in [-0.15, -0.1) is 0 Å². The van der Waals surface area contributed by atoms with Crippen LogP contribution in [0.4, 0.5) is 0 Å². The molecule has 228 valence electrons. The second-order valence-electron chi connectivity index (χ2n) is 9.62. The van der Waals surface area contributed by atoms with Gasteiger partial charge in [-0.3, -0.25) is 19.2 Å². The van der Waals surface area contributed by atoms with Crippen molar-refractivity contribution in [3.05, 3.63) is 130 Å². The van der Waals surface area contributed by atoms with E-state index in [9.17, 15) is 24.0 Å². The predicted molar refractivity (Wildman–Crippen MR) is 171 cm³/mol. The van der Waals surface area contributed by atoms with Gasteiger partial charge in [0, 0.05) is 10.6 Å². The Balaban J connectivity index is 1.47. The first-order valence-corrected chi connectivity index (χ1v) is 15.0. The Morgan fingerprint density at radius 1 is 0.711 bits per heavy atom. The summed E-state index contributed by atoms with van der Waals surface area (Å²) in [6.07, 6.45) is 0. The van der Waals surface area contributed by atoms with Gasteiger partial charge in [0.2, 0.25) is 0 Å². The Labute approximate surface area is 285 Å². The first-order chi connectivity index (χ1) is 21.3. The summed E-state index contributed by atoms with van der Waals surface area (Å²) in [7, 11) is 0. The van der Waals surface area contributed by atoms with Crippen LogP contribution >= 0.6 is 69.6 Å². The zero-order valence-electron chi connectivity index (χ0n) is 22.7. The fourth-order valence-corrected chi connectivity index (χ4v) is 5.89. The minimum absolute atomic E-state index is 0.0592. The highest BCUT2D eigenvalue weighted by Crippen LogP contribution is 2.45. The number of esters is 1. The molecule has 8 nitrogen and oxygen atoms in total. The Bertz CT molecular complexity index is 1880. The summed E-state index contributed by atoms with van der Waals surface area (Å²) in [4.78, 5) is 67.0. The Hall–Kier alpha value is -3.63. The number of hydrazine groups is 1. The van der Waals surface area contributed by atoms with E-state index in [0.717, 1.165) is 5.56 Å². The number of rotatable bonds is 7. The highest BCUT2D eigenvalue weighted by molar-refractivity contribution is 6.55. The number of halogens is 6. The molecule has 0 radical (unpaired) electrons. The number of benzene rings is 4. The summed E-state index contributed by atoms with van der Waals surface area (Å²) in [5.74, 6) is -4.30. The molecule has 14 heteroatoms. The van der Waals surface area contributed by atoms with E-state index in [1.165, 1.54) is 42.5 Å². The largest absolute Gasteiger partial charge is 0.423 e. The Morgan fingerprint density at radius 3 is 1.78 bits per heavy atom. The van der Waals surface area contributed by atoms with E-state index in [1.807, 2.05) is 6.92 Å². The molecule has 0 unspecified atom stereocenters. The smallest absolute Gasteiger partial charge is 0.343 e. The summed E-state index contributed by atoms with van der Waals surface area (Å²) in [5.41, 5.74) is 0.405. The third-order valence-corrected chi connectivity index (χ3v) is 9.03. The molecule has 0 aromatic heterocycles. The predicted octanol–water partition coefficient (Wildman–Crippen LogP) is 8.67. The minimum Gasteiger partial charge on any atom is -0.423 e. The number of hydrogen-bond donors (Lipinski definition) is 0. The molecule has 0 saturated heterocycles. The molecule has 45 heavy (non-hydrogen) atoms. The van der Waals surface area contributed by atoms with Crippen LogP contribution in [0.3, 0.4) is 0 Å². The van der Waals surface area contributed by atoms with Gasteiger partial charge in [0.1, 0.15) is 12.3 Å². The molecule has 0 bridgehead atoms. The molecule has 0 saturated carbocycles. The standard InChI is InChI=1S/C31H16Cl6N2O6/c1-14-2-4-16(5-3-14)31(44)45-18-9-6-15(7-10-18)21(40)13-38(28(41)19-11-8-17(32)12-20(19)33)39-29(42)22-23(30(39)43)25(35)27(37)26(36)24(22)34/h2-12H,13H2,1H3. The quantitative estimate of drug-likeness (QED) is 0.0472. The normalized spacial score (nSPS) is 12.3. The van der Waals surface area contributed by atoms with Crippen molar-refractivity contribution in [1.29, 1.82) is 0 Å². The van der Waals surface area contributed by atoms with Crippen molar-refractivity contribution in [1.82, 2.24) is 10.0 Å². The van der Waals surface area contributed by atoms with Crippen LogP contribution in [0.2, 0.25) is 30.1 Å². The van der Waals surface area contributed by atoms with Crippen molar-refractivity contribution in [2.45, 2.75) is 6.92 Å². The van der Waals surface area contributed by atoms with Crippen LogP contribution in [0.15, 0.2) is 66.7 Å². The van der Waals surface area contributed by atoms with Gasteiger partial charge in [-0.05, 0) is 61.5 Å². The molecule has 0 N–H and O–H groups in total. The topological polar surface area (TPSA) is 101 Å². The lowest BCUT2D eigenvalue weighted by Gasteiger charge is -2.29. The van der Waals surface area contributed by atoms with E-state index in [4.69, 9.17) is 74.3 Å². The minimum atomic E-state index is -1.08. The molecule has 4 aromatic rings.